The lowest BCUT2D eigenvalue weighted by atomic mass is 9.95. The van der Waals surface area contributed by atoms with Crippen LogP contribution in [0.3, 0.4) is 0 Å². The van der Waals surface area contributed by atoms with Gasteiger partial charge in [-0.3, -0.25) is 9.59 Å². The number of carbonyl (C=O) groups is 2. The minimum atomic E-state index is -0.958. The molecule has 0 aliphatic carbocycles. The van der Waals surface area contributed by atoms with E-state index in [1.54, 1.807) is 29.2 Å². The Hall–Kier alpha value is -2.35. The highest BCUT2D eigenvalue weighted by atomic mass is 16.5. The summed E-state index contributed by atoms with van der Waals surface area (Å²) in [6.45, 7) is 8.73. The average Bonchev–Trinajstić information content (AvgIpc) is 2.53. The fourth-order valence-corrected chi connectivity index (χ4v) is 2.25. The topological polar surface area (TPSA) is 70.4 Å². The summed E-state index contributed by atoms with van der Waals surface area (Å²) in [4.78, 5) is 26.1. The summed E-state index contributed by atoms with van der Waals surface area (Å²) in [6.07, 6.45) is -0.0311. The molecule has 1 amide bonds. The zero-order valence-electron chi connectivity index (χ0n) is 14.2. The van der Waals surface area contributed by atoms with Crippen molar-refractivity contribution >= 4 is 11.7 Å². The second-order valence-corrected chi connectivity index (χ2v) is 5.51. The number of hydrogen-bond donors (Lipinski definition) is 0. The maximum absolute atomic E-state index is 12.4. The highest BCUT2D eigenvalue weighted by molar-refractivity contribution is 6.01. The highest BCUT2D eigenvalue weighted by Crippen LogP contribution is 2.18. The Bertz CT molecular complexity index is 569. The molecule has 0 saturated carbocycles. The van der Waals surface area contributed by atoms with E-state index in [4.69, 9.17) is 4.74 Å². The van der Waals surface area contributed by atoms with E-state index >= 15 is 0 Å². The van der Waals surface area contributed by atoms with Gasteiger partial charge < -0.3 is 9.64 Å². The van der Waals surface area contributed by atoms with Crippen molar-refractivity contribution in [1.82, 2.24) is 4.90 Å². The van der Waals surface area contributed by atoms with Crippen molar-refractivity contribution in [1.29, 1.82) is 5.26 Å². The summed E-state index contributed by atoms with van der Waals surface area (Å²) >= 11 is 0. The molecule has 1 atom stereocenters. The Labute approximate surface area is 137 Å². The van der Waals surface area contributed by atoms with Gasteiger partial charge in [0, 0.05) is 18.7 Å². The molecule has 1 unspecified atom stereocenters. The van der Waals surface area contributed by atoms with Crippen LogP contribution in [0.5, 0.6) is 5.75 Å². The molecular formula is C18H24N2O3. The zero-order valence-corrected chi connectivity index (χ0v) is 14.2. The van der Waals surface area contributed by atoms with Gasteiger partial charge in [0.05, 0.1) is 18.6 Å². The molecular weight excluding hydrogens is 292 g/mol. The van der Waals surface area contributed by atoms with Crippen LogP contribution < -0.4 is 4.74 Å². The van der Waals surface area contributed by atoms with E-state index in [9.17, 15) is 14.9 Å². The van der Waals surface area contributed by atoms with Crippen molar-refractivity contribution in [2.75, 3.05) is 13.1 Å². The number of rotatable bonds is 8. The maximum atomic E-state index is 12.4. The van der Waals surface area contributed by atoms with Crippen LogP contribution in [0.1, 0.15) is 44.5 Å². The molecule has 0 aromatic heterocycles. The van der Waals surface area contributed by atoms with Gasteiger partial charge in [0.2, 0.25) is 5.91 Å². The molecule has 0 aliphatic rings. The molecule has 0 aliphatic heterocycles. The maximum Gasteiger partial charge on any atom is 0.224 e. The molecule has 23 heavy (non-hydrogen) atoms. The highest BCUT2D eigenvalue weighted by Gasteiger charge is 2.24. The van der Waals surface area contributed by atoms with Crippen molar-refractivity contribution in [2.24, 2.45) is 5.92 Å². The van der Waals surface area contributed by atoms with Crippen LogP contribution in [0.2, 0.25) is 0 Å². The van der Waals surface area contributed by atoms with E-state index in [2.05, 4.69) is 0 Å². The van der Waals surface area contributed by atoms with Gasteiger partial charge in [-0.25, -0.2) is 0 Å². The number of ether oxygens (including phenoxy) is 1. The smallest absolute Gasteiger partial charge is 0.224 e. The molecule has 0 spiro atoms. The molecule has 124 valence electrons. The third-order valence-electron chi connectivity index (χ3n) is 3.48. The number of benzene rings is 1. The number of hydrogen-bond acceptors (Lipinski definition) is 4. The van der Waals surface area contributed by atoms with Crippen molar-refractivity contribution in [3.8, 4) is 11.8 Å². The van der Waals surface area contributed by atoms with E-state index in [1.165, 1.54) is 0 Å². The molecule has 5 nitrogen and oxygen atoms in total. The predicted molar refractivity (Wildman–Crippen MR) is 88.2 cm³/mol. The van der Waals surface area contributed by atoms with Gasteiger partial charge in [0.1, 0.15) is 11.7 Å². The van der Waals surface area contributed by atoms with E-state index in [1.807, 2.05) is 33.8 Å². The van der Waals surface area contributed by atoms with Crippen LogP contribution in [-0.2, 0) is 4.79 Å². The third kappa shape index (κ3) is 5.41. The number of carbonyl (C=O) groups excluding carboxylic acids is 2. The van der Waals surface area contributed by atoms with Crippen molar-refractivity contribution in [3.63, 3.8) is 0 Å². The lowest BCUT2D eigenvalue weighted by Gasteiger charge is -2.19. The summed E-state index contributed by atoms with van der Waals surface area (Å²) in [5, 5.41) is 9.24. The van der Waals surface area contributed by atoms with E-state index in [0.29, 0.717) is 24.4 Å². The monoisotopic (exact) mass is 316 g/mol. The summed E-state index contributed by atoms with van der Waals surface area (Å²) in [5.41, 5.74) is 0.417. The van der Waals surface area contributed by atoms with Gasteiger partial charge in [-0.2, -0.15) is 5.26 Å². The van der Waals surface area contributed by atoms with E-state index in [-0.39, 0.29) is 24.2 Å². The third-order valence-corrected chi connectivity index (χ3v) is 3.48. The second kappa shape index (κ2) is 8.94. The Balaban J connectivity index is 2.80. The van der Waals surface area contributed by atoms with Gasteiger partial charge in [-0.05, 0) is 52.0 Å². The molecule has 5 heteroatoms. The molecule has 1 rings (SSSR count). The van der Waals surface area contributed by atoms with Gasteiger partial charge in [-0.15, -0.1) is 0 Å². The Kier molecular flexibility index (Phi) is 7.27. The molecule has 0 saturated heterocycles. The van der Waals surface area contributed by atoms with Gasteiger partial charge in [0.15, 0.2) is 5.78 Å². The lowest BCUT2D eigenvalue weighted by molar-refractivity contribution is -0.131. The molecule has 1 aromatic rings. The number of Topliss-reactive ketones (excluding diaryl/α,β-unsaturated/α-hetero) is 1. The SMILES string of the molecule is CCN(CC)C(=O)CC(C#N)C(=O)c1ccc(OC(C)C)cc1. The summed E-state index contributed by atoms with van der Waals surface area (Å²) in [6, 6.07) is 8.62. The Morgan fingerprint density at radius 1 is 1.17 bits per heavy atom. The van der Waals surface area contributed by atoms with Crippen LogP contribution in [0.15, 0.2) is 24.3 Å². The van der Waals surface area contributed by atoms with Crippen LogP contribution in [-0.4, -0.2) is 35.8 Å². The van der Waals surface area contributed by atoms with Gasteiger partial charge >= 0.3 is 0 Å². The first-order chi connectivity index (χ1) is 10.9. The van der Waals surface area contributed by atoms with Crippen LogP contribution >= 0.6 is 0 Å². The summed E-state index contributed by atoms with van der Waals surface area (Å²) in [5.74, 6) is -0.789. The minimum absolute atomic E-state index is 0.0510. The normalized spacial score (nSPS) is 11.7. The molecule has 0 N–H and O–H groups in total. The van der Waals surface area contributed by atoms with Gasteiger partial charge in [-0.1, -0.05) is 0 Å². The fourth-order valence-electron chi connectivity index (χ4n) is 2.25. The fraction of sp³-hybridized carbons (Fsp3) is 0.500. The van der Waals surface area contributed by atoms with Crippen molar-refractivity contribution < 1.29 is 14.3 Å². The zero-order chi connectivity index (χ0) is 17.4. The average molecular weight is 316 g/mol. The first-order valence-corrected chi connectivity index (χ1v) is 7.91. The largest absolute Gasteiger partial charge is 0.491 e. The van der Waals surface area contributed by atoms with Crippen molar-refractivity contribution in [3.05, 3.63) is 29.8 Å². The summed E-state index contributed by atoms with van der Waals surface area (Å²) in [7, 11) is 0. The van der Waals surface area contributed by atoms with Crippen LogP contribution in [0.4, 0.5) is 0 Å². The first-order valence-electron chi connectivity index (χ1n) is 7.91. The predicted octanol–water partition coefficient (Wildman–Crippen LogP) is 3.05. The number of nitriles is 1. The Morgan fingerprint density at radius 3 is 2.17 bits per heavy atom. The first kappa shape index (κ1) is 18.7. The minimum Gasteiger partial charge on any atom is -0.491 e. The second-order valence-electron chi connectivity index (χ2n) is 5.51. The van der Waals surface area contributed by atoms with Gasteiger partial charge in [0.25, 0.3) is 0 Å². The quantitative estimate of drug-likeness (QED) is 0.691. The standard InChI is InChI=1S/C18H24N2O3/c1-5-20(6-2)17(21)11-15(12-19)18(22)14-7-9-16(10-8-14)23-13(3)4/h7-10,13,15H,5-6,11H2,1-4H3. The molecule has 0 heterocycles. The van der Waals surface area contributed by atoms with Crippen LogP contribution in [0.25, 0.3) is 0 Å². The Morgan fingerprint density at radius 2 is 1.74 bits per heavy atom. The van der Waals surface area contributed by atoms with E-state index in [0.717, 1.165) is 0 Å². The molecule has 0 bridgehead atoms. The number of ketones is 1. The number of amides is 1. The van der Waals surface area contributed by atoms with E-state index < -0.39 is 5.92 Å². The molecule has 1 aromatic carbocycles. The lowest BCUT2D eigenvalue weighted by Crippen LogP contribution is -2.33. The molecule has 0 fully saturated rings. The molecule has 0 radical (unpaired) electrons. The van der Waals surface area contributed by atoms with Crippen LogP contribution in [0, 0.1) is 17.2 Å². The number of nitrogens with zero attached hydrogens (tertiary/aromatic N) is 2. The summed E-state index contributed by atoms with van der Waals surface area (Å²) < 4.78 is 5.52. The van der Waals surface area contributed by atoms with Crippen molar-refractivity contribution in [2.45, 2.75) is 40.2 Å².